The Morgan fingerprint density at radius 2 is 1.88 bits per heavy atom. The summed E-state index contributed by atoms with van der Waals surface area (Å²) in [4.78, 5) is 23.7. The number of halogens is 2. The van der Waals surface area contributed by atoms with E-state index in [0.717, 1.165) is 24.9 Å². The van der Waals surface area contributed by atoms with Crippen molar-refractivity contribution >= 4 is 26.9 Å². The Bertz CT molecular complexity index is 1260. The number of rotatable bonds is 8. The molecular formula is C25H23BrFN3O2. The average Bonchev–Trinajstić information content (AvgIpc) is 2.79. The van der Waals surface area contributed by atoms with Gasteiger partial charge in [0.25, 0.3) is 0 Å². The second-order valence-electron chi connectivity index (χ2n) is 7.76. The zero-order valence-corrected chi connectivity index (χ0v) is 19.3. The van der Waals surface area contributed by atoms with Crippen LogP contribution in [0.4, 0.5) is 4.39 Å². The van der Waals surface area contributed by atoms with Crippen LogP contribution < -0.4 is 5.43 Å². The Morgan fingerprint density at radius 3 is 2.62 bits per heavy atom. The molecule has 164 valence electrons. The molecule has 0 fully saturated rings. The lowest BCUT2D eigenvalue weighted by Gasteiger charge is -2.23. The van der Waals surface area contributed by atoms with Gasteiger partial charge in [0.2, 0.25) is 0 Å². The van der Waals surface area contributed by atoms with Crippen LogP contribution in [0.1, 0.15) is 28.9 Å². The molecule has 0 aliphatic heterocycles. The summed E-state index contributed by atoms with van der Waals surface area (Å²) in [5, 5.41) is 0.255. The molecule has 32 heavy (non-hydrogen) atoms. The number of aryl methyl sites for hydroxylation is 2. The van der Waals surface area contributed by atoms with E-state index in [1.807, 2.05) is 24.4 Å². The molecular weight excluding hydrogens is 473 g/mol. The van der Waals surface area contributed by atoms with Crippen molar-refractivity contribution in [2.75, 3.05) is 6.54 Å². The van der Waals surface area contributed by atoms with Gasteiger partial charge in [-0.2, -0.15) is 0 Å². The Labute approximate surface area is 194 Å². The molecule has 0 bridgehead atoms. The molecule has 0 aliphatic carbocycles. The Balaban J connectivity index is 1.60. The fourth-order valence-corrected chi connectivity index (χ4v) is 4.08. The van der Waals surface area contributed by atoms with Gasteiger partial charge in [-0.15, -0.1) is 0 Å². The van der Waals surface area contributed by atoms with Crippen LogP contribution in [0.15, 0.2) is 74.9 Å². The first-order valence-electron chi connectivity index (χ1n) is 10.4. The van der Waals surface area contributed by atoms with Crippen LogP contribution in [-0.4, -0.2) is 21.4 Å². The number of hydrogen-bond donors (Lipinski definition) is 0. The maximum atomic E-state index is 14.1. The number of pyridine rings is 2. The summed E-state index contributed by atoms with van der Waals surface area (Å²) in [7, 11) is 0. The number of hydrogen-bond acceptors (Lipinski definition) is 5. The quantitative estimate of drug-likeness (QED) is 0.326. The van der Waals surface area contributed by atoms with E-state index in [-0.39, 0.29) is 15.3 Å². The molecule has 0 amide bonds. The van der Waals surface area contributed by atoms with Gasteiger partial charge >= 0.3 is 0 Å². The topological polar surface area (TPSA) is 59.2 Å². The molecule has 4 rings (SSSR count). The lowest BCUT2D eigenvalue weighted by molar-refractivity contribution is 0.250. The maximum Gasteiger partial charge on any atom is 0.197 e. The van der Waals surface area contributed by atoms with Crippen LogP contribution >= 0.6 is 15.9 Å². The predicted octanol–water partition coefficient (Wildman–Crippen LogP) is 5.43. The SMILES string of the molecule is Cc1oc2cc(Br)c(F)cc2c(=O)c1CN(CCCc1cccnc1)Cc1ccncc1. The fraction of sp³-hybridized carbons (Fsp3) is 0.240. The van der Waals surface area contributed by atoms with Crippen molar-refractivity contribution in [2.24, 2.45) is 0 Å². The molecule has 5 nitrogen and oxygen atoms in total. The Hall–Kier alpha value is -2.90. The van der Waals surface area contributed by atoms with Crippen molar-refractivity contribution in [2.45, 2.75) is 32.9 Å². The molecule has 0 N–H and O–H groups in total. The van der Waals surface area contributed by atoms with Crippen molar-refractivity contribution in [3.63, 3.8) is 0 Å². The fourth-order valence-electron chi connectivity index (χ4n) is 3.76. The smallest absolute Gasteiger partial charge is 0.197 e. The molecule has 3 aromatic heterocycles. The summed E-state index contributed by atoms with van der Waals surface area (Å²) in [5.41, 5.74) is 3.02. The van der Waals surface area contributed by atoms with E-state index in [1.54, 1.807) is 25.5 Å². The third kappa shape index (κ3) is 5.29. The summed E-state index contributed by atoms with van der Waals surface area (Å²) in [6.45, 7) is 3.65. The highest BCUT2D eigenvalue weighted by Crippen LogP contribution is 2.24. The summed E-state index contributed by atoms with van der Waals surface area (Å²) in [6, 6.07) is 10.7. The second-order valence-corrected chi connectivity index (χ2v) is 8.61. The summed E-state index contributed by atoms with van der Waals surface area (Å²) in [6.07, 6.45) is 8.98. The highest BCUT2D eigenvalue weighted by Gasteiger charge is 2.17. The minimum atomic E-state index is -0.482. The molecule has 0 unspecified atom stereocenters. The molecule has 0 atom stereocenters. The zero-order valence-electron chi connectivity index (χ0n) is 17.7. The van der Waals surface area contributed by atoms with Crippen LogP contribution in [0, 0.1) is 12.7 Å². The van der Waals surface area contributed by atoms with E-state index in [1.165, 1.54) is 17.7 Å². The molecule has 7 heteroatoms. The lowest BCUT2D eigenvalue weighted by atomic mass is 10.1. The first kappa shape index (κ1) is 22.3. The van der Waals surface area contributed by atoms with Crippen LogP contribution in [0.25, 0.3) is 11.0 Å². The maximum absolute atomic E-state index is 14.1. The molecule has 0 radical (unpaired) electrons. The van der Waals surface area contributed by atoms with Crippen molar-refractivity contribution in [3.05, 3.63) is 104 Å². The van der Waals surface area contributed by atoms with Gasteiger partial charge in [-0.05, 0) is 83.7 Å². The standard InChI is InChI=1S/C25H23BrFN3O2/c1-17-21(25(31)20-12-23(27)22(26)13-24(20)32-17)16-30(15-19-6-9-28-10-7-19)11-3-5-18-4-2-8-29-14-18/h2,4,6-10,12-14H,3,5,11,15-16H2,1H3. The number of nitrogens with zero attached hydrogens (tertiary/aromatic N) is 3. The lowest BCUT2D eigenvalue weighted by Crippen LogP contribution is -2.28. The Kier molecular flexibility index (Phi) is 7.07. The molecule has 0 spiro atoms. The van der Waals surface area contributed by atoms with Gasteiger partial charge in [0, 0.05) is 37.9 Å². The van der Waals surface area contributed by atoms with Crippen molar-refractivity contribution in [1.82, 2.24) is 14.9 Å². The summed E-state index contributed by atoms with van der Waals surface area (Å²) >= 11 is 3.15. The molecule has 1 aromatic carbocycles. The van der Waals surface area contributed by atoms with Crippen LogP contribution in [-0.2, 0) is 19.5 Å². The third-order valence-electron chi connectivity index (χ3n) is 5.43. The van der Waals surface area contributed by atoms with Crippen molar-refractivity contribution in [1.29, 1.82) is 0 Å². The van der Waals surface area contributed by atoms with E-state index in [0.29, 0.717) is 30.0 Å². The second kappa shape index (κ2) is 10.1. The average molecular weight is 496 g/mol. The molecule has 0 saturated heterocycles. The van der Waals surface area contributed by atoms with E-state index in [9.17, 15) is 9.18 Å². The van der Waals surface area contributed by atoms with Gasteiger partial charge in [0.1, 0.15) is 17.2 Å². The van der Waals surface area contributed by atoms with E-state index >= 15 is 0 Å². The molecule has 4 aromatic rings. The third-order valence-corrected chi connectivity index (χ3v) is 6.04. The molecule has 0 aliphatic rings. The molecule has 0 saturated carbocycles. The minimum absolute atomic E-state index is 0.192. The highest BCUT2D eigenvalue weighted by atomic mass is 79.9. The van der Waals surface area contributed by atoms with E-state index in [2.05, 4.69) is 36.9 Å². The van der Waals surface area contributed by atoms with Gasteiger partial charge in [-0.1, -0.05) is 6.07 Å². The summed E-state index contributed by atoms with van der Waals surface area (Å²) in [5.74, 6) is 0.0673. The minimum Gasteiger partial charge on any atom is -0.461 e. The monoisotopic (exact) mass is 495 g/mol. The zero-order chi connectivity index (χ0) is 22.5. The van der Waals surface area contributed by atoms with E-state index in [4.69, 9.17) is 4.42 Å². The summed E-state index contributed by atoms with van der Waals surface area (Å²) < 4.78 is 20.3. The van der Waals surface area contributed by atoms with Gasteiger partial charge in [0.15, 0.2) is 5.43 Å². The largest absolute Gasteiger partial charge is 0.461 e. The normalized spacial score (nSPS) is 11.4. The molecule has 3 heterocycles. The van der Waals surface area contributed by atoms with Gasteiger partial charge in [-0.3, -0.25) is 19.7 Å². The van der Waals surface area contributed by atoms with Crippen molar-refractivity contribution < 1.29 is 8.81 Å². The first-order chi connectivity index (χ1) is 15.5. The van der Waals surface area contributed by atoms with Crippen molar-refractivity contribution in [3.8, 4) is 0 Å². The van der Waals surface area contributed by atoms with Crippen LogP contribution in [0.2, 0.25) is 0 Å². The number of benzene rings is 1. The van der Waals surface area contributed by atoms with Gasteiger partial charge in [0.05, 0.1) is 15.4 Å². The van der Waals surface area contributed by atoms with E-state index < -0.39 is 5.82 Å². The predicted molar refractivity (Wildman–Crippen MR) is 126 cm³/mol. The first-order valence-corrected chi connectivity index (χ1v) is 11.2. The van der Waals surface area contributed by atoms with Gasteiger partial charge < -0.3 is 4.42 Å². The Morgan fingerprint density at radius 1 is 1.06 bits per heavy atom. The van der Waals surface area contributed by atoms with Crippen LogP contribution in [0.3, 0.4) is 0 Å². The highest BCUT2D eigenvalue weighted by molar-refractivity contribution is 9.10. The van der Waals surface area contributed by atoms with Gasteiger partial charge in [-0.25, -0.2) is 4.39 Å². The number of fused-ring (bicyclic) bond motifs is 1. The number of aromatic nitrogens is 2. The van der Waals surface area contributed by atoms with Crippen LogP contribution in [0.5, 0.6) is 0 Å².